The highest BCUT2D eigenvalue weighted by Gasteiger charge is 2.31. The van der Waals surface area contributed by atoms with Gasteiger partial charge in [-0.1, -0.05) is 28.1 Å². The standard InChI is InChI=1S/C25H19BrN2O4/c1-31-20-10-3-15(4-11-20)23-14-22(27-28(23)18-7-5-17(26)6-8-18)21-12-16-2-9-19(29)13-24(16)32-25(21)30/h2-13,23,29H,14H2,1H3. The van der Waals surface area contributed by atoms with Crippen molar-refractivity contribution in [1.29, 1.82) is 0 Å². The van der Waals surface area contributed by atoms with Crippen molar-refractivity contribution in [2.24, 2.45) is 5.10 Å². The van der Waals surface area contributed by atoms with E-state index >= 15 is 0 Å². The summed E-state index contributed by atoms with van der Waals surface area (Å²) in [4.78, 5) is 12.8. The summed E-state index contributed by atoms with van der Waals surface area (Å²) in [6.07, 6.45) is 0.538. The first kappa shape index (κ1) is 20.3. The third-order valence-corrected chi connectivity index (χ3v) is 6.06. The van der Waals surface area contributed by atoms with Gasteiger partial charge >= 0.3 is 5.63 Å². The molecule has 2 heterocycles. The molecule has 1 aliphatic heterocycles. The number of phenols is 1. The predicted octanol–water partition coefficient (Wildman–Crippen LogP) is 5.63. The minimum atomic E-state index is -0.479. The summed E-state index contributed by atoms with van der Waals surface area (Å²) in [5.74, 6) is 0.828. The maximum atomic E-state index is 12.8. The summed E-state index contributed by atoms with van der Waals surface area (Å²) >= 11 is 3.48. The lowest BCUT2D eigenvalue weighted by atomic mass is 9.98. The van der Waals surface area contributed by atoms with E-state index in [1.807, 2.05) is 53.5 Å². The van der Waals surface area contributed by atoms with Gasteiger partial charge in [0.1, 0.15) is 17.1 Å². The molecule has 4 aromatic rings. The van der Waals surface area contributed by atoms with E-state index in [2.05, 4.69) is 15.9 Å². The molecule has 0 saturated heterocycles. The Morgan fingerprint density at radius 1 is 1.06 bits per heavy atom. The molecule has 0 amide bonds. The number of fused-ring (bicyclic) bond motifs is 1. The molecule has 0 fully saturated rings. The Morgan fingerprint density at radius 2 is 1.81 bits per heavy atom. The Hall–Kier alpha value is -3.58. The van der Waals surface area contributed by atoms with E-state index in [1.165, 1.54) is 6.07 Å². The Bertz CT molecular complexity index is 1380. The van der Waals surface area contributed by atoms with Crippen LogP contribution in [0.3, 0.4) is 0 Å². The van der Waals surface area contributed by atoms with Crippen LogP contribution in [-0.2, 0) is 0 Å². The Kier molecular flexibility index (Phi) is 5.19. The molecular weight excluding hydrogens is 472 g/mol. The number of anilines is 1. The number of benzene rings is 3. The van der Waals surface area contributed by atoms with Gasteiger partial charge in [0, 0.05) is 22.3 Å². The van der Waals surface area contributed by atoms with Gasteiger partial charge in [0.15, 0.2) is 0 Å². The highest BCUT2D eigenvalue weighted by Crippen LogP contribution is 2.37. The predicted molar refractivity (Wildman–Crippen MR) is 128 cm³/mol. The fourth-order valence-electron chi connectivity index (χ4n) is 3.89. The molecule has 0 spiro atoms. The molecule has 0 aliphatic carbocycles. The Balaban J connectivity index is 1.59. The van der Waals surface area contributed by atoms with E-state index in [9.17, 15) is 9.90 Å². The van der Waals surface area contributed by atoms with Crippen LogP contribution >= 0.6 is 15.9 Å². The van der Waals surface area contributed by atoms with Crippen LogP contribution in [0.25, 0.3) is 11.0 Å². The maximum Gasteiger partial charge on any atom is 0.345 e. The SMILES string of the molecule is COc1ccc(C2CC(c3cc4ccc(O)cc4oc3=O)=NN2c2ccc(Br)cc2)cc1. The van der Waals surface area contributed by atoms with Crippen molar-refractivity contribution in [2.75, 3.05) is 12.1 Å². The normalized spacial score (nSPS) is 15.8. The quantitative estimate of drug-likeness (QED) is 0.375. The van der Waals surface area contributed by atoms with Crippen molar-refractivity contribution in [1.82, 2.24) is 0 Å². The first-order chi connectivity index (χ1) is 15.5. The number of rotatable bonds is 4. The fraction of sp³-hybridized carbons (Fsp3) is 0.120. The zero-order valence-corrected chi connectivity index (χ0v) is 18.7. The molecule has 160 valence electrons. The number of hydrazone groups is 1. The number of hydrogen-bond acceptors (Lipinski definition) is 6. The van der Waals surface area contributed by atoms with Gasteiger partial charge in [0.25, 0.3) is 0 Å². The van der Waals surface area contributed by atoms with Crippen LogP contribution in [0.1, 0.15) is 23.6 Å². The average Bonchev–Trinajstić information content (AvgIpc) is 3.24. The molecule has 0 radical (unpaired) electrons. The molecular formula is C25H19BrN2O4. The summed E-state index contributed by atoms with van der Waals surface area (Å²) in [5.41, 5.74) is 2.90. The van der Waals surface area contributed by atoms with Gasteiger partial charge in [-0.25, -0.2) is 4.79 Å². The van der Waals surface area contributed by atoms with Gasteiger partial charge in [0.05, 0.1) is 30.1 Å². The Labute approximate surface area is 192 Å². The van der Waals surface area contributed by atoms with Crippen LogP contribution in [0.15, 0.2) is 91.6 Å². The van der Waals surface area contributed by atoms with Crippen LogP contribution in [0.2, 0.25) is 0 Å². The second-order valence-electron chi connectivity index (χ2n) is 7.53. The molecule has 5 rings (SSSR count). The number of aromatic hydroxyl groups is 1. The lowest BCUT2D eigenvalue weighted by Crippen LogP contribution is -2.18. The number of phenolic OH excluding ortho intramolecular Hbond substituents is 1. The van der Waals surface area contributed by atoms with Crippen LogP contribution in [0.5, 0.6) is 11.5 Å². The van der Waals surface area contributed by atoms with Crippen molar-refractivity contribution < 1.29 is 14.3 Å². The van der Waals surface area contributed by atoms with Crippen molar-refractivity contribution in [2.45, 2.75) is 12.5 Å². The minimum Gasteiger partial charge on any atom is -0.508 e. The van der Waals surface area contributed by atoms with E-state index in [0.717, 1.165) is 26.9 Å². The zero-order valence-electron chi connectivity index (χ0n) is 17.2. The first-order valence-corrected chi connectivity index (χ1v) is 10.8. The Morgan fingerprint density at radius 3 is 2.53 bits per heavy atom. The van der Waals surface area contributed by atoms with E-state index in [0.29, 0.717) is 23.3 Å². The van der Waals surface area contributed by atoms with Gasteiger partial charge < -0.3 is 14.3 Å². The summed E-state index contributed by atoms with van der Waals surface area (Å²) in [6.45, 7) is 0. The molecule has 1 N–H and O–H groups in total. The summed E-state index contributed by atoms with van der Waals surface area (Å²) < 4.78 is 11.7. The average molecular weight is 491 g/mol. The van der Waals surface area contributed by atoms with Crippen LogP contribution in [0, 0.1) is 0 Å². The molecule has 7 heteroatoms. The number of hydrogen-bond donors (Lipinski definition) is 1. The second-order valence-corrected chi connectivity index (χ2v) is 8.45. The van der Waals surface area contributed by atoms with E-state index in [4.69, 9.17) is 14.3 Å². The van der Waals surface area contributed by atoms with E-state index < -0.39 is 5.63 Å². The molecule has 1 aromatic heterocycles. The summed E-state index contributed by atoms with van der Waals surface area (Å²) in [6, 6.07) is 22.2. The molecule has 1 aliphatic rings. The van der Waals surface area contributed by atoms with Crippen LogP contribution < -0.4 is 15.4 Å². The molecule has 1 unspecified atom stereocenters. The first-order valence-electron chi connectivity index (χ1n) is 10.1. The molecule has 3 aromatic carbocycles. The minimum absolute atomic E-state index is 0.0487. The lowest BCUT2D eigenvalue weighted by Gasteiger charge is -2.24. The van der Waals surface area contributed by atoms with Crippen molar-refractivity contribution in [3.63, 3.8) is 0 Å². The van der Waals surface area contributed by atoms with Gasteiger partial charge in [0.2, 0.25) is 0 Å². The highest BCUT2D eigenvalue weighted by molar-refractivity contribution is 9.10. The maximum absolute atomic E-state index is 12.8. The zero-order chi connectivity index (χ0) is 22.2. The molecule has 0 saturated carbocycles. The summed E-state index contributed by atoms with van der Waals surface area (Å²) in [5, 5.41) is 17.2. The monoisotopic (exact) mass is 490 g/mol. The van der Waals surface area contributed by atoms with Crippen LogP contribution in [0.4, 0.5) is 5.69 Å². The molecule has 1 atom stereocenters. The number of halogens is 1. The topological polar surface area (TPSA) is 75.3 Å². The molecule has 0 bridgehead atoms. The smallest absolute Gasteiger partial charge is 0.345 e. The summed E-state index contributed by atoms with van der Waals surface area (Å²) in [7, 11) is 1.64. The van der Waals surface area contributed by atoms with Gasteiger partial charge in [-0.2, -0.15) is 5.10 Å². The highest BCUT2D eigenvalue weighted by atomic mass is 79.9. The largest absolute Gasteiger partial charge is 0.508 e. The van der Waals surface area contributed by atoms with Gasteiger partial charge in [-0.05, 0) is 60.2 Å². The second kappa shape index (κ2) is 8.16. The molecule has 6 nitrogen and oxygen atoms in total. The van der Waals surface area contributed by atoms with E-state index in [-0.39, 0.29) is 11.8 Å². The van der Waals surface area contributed by atoms with Gasteiger partial charge in [-0.3, -0.25) is 5.01 Å². The van der Waals surface area contributed by atoms with Gasteiger partial charge in [-0.15, -0.1) is 0 Å². The third kappa shape index (κ3) is 3.76. The number of methoxy groups -OCH3 is 1. The lowest BCUT2D eigenvalue weighted by molar-refractivity contribution is 0.414. The van der Waals surface area contributed by atoms with Crippen molar-refractivity contribution in [3.8, 4) is 11.5 Å². The number of nitrogens with zero attached hydrogens (tertiary/aromatic N) is 2. The number of ether oxygens (including phenoxy) is 1. The van der Waals surface area contributed by atoms with Crippen molar-refractivity contribution in [3.05, 3.63) is 98.8 Å². The molecule has 32 heavy (non-hydrogen) atoms. The third-order valence-electron chi connectivity index (χ3n) is 5.53. The fourth-order valence-corrected chi connectivity index (χ4v) is 4.16. The van der Waals surface area contributed by atoms with E-state index in [1.54, 1.807) is 25.3 Å². The van der Waals surface area contributed by atoms with Crippen molar-refractivity contribution >= 4 is 38.3 Å². The van der Waals surface area contributed by atoms with Crippen LogP contribution in [-0.4, -0.2) is 17.9 Å².